The largest absolute Gasteiger partial charge is 0.482 e. The normalized spacial score (nSPS) is 15.5. The second kappa shape index (κ2) is 8.89. The van der Waals surface area contributed by atoms with E-state index in [2.05, 4.69) is 9.64 Å². The Morgan fingerprint density at radius 2 is 1.65 bits per heavy atom. The van der Waals surface area contributed by atoms with Gasteiger partial charge in [-0.05, 0) is 38.5 Å². The predicted octanol–water partition coefficient (Wildman–Crippen LogP) is 2.29. The minimum atomic E-state index is -0.466. The van der Waals surface area contributed by atoms with Crippen molar-refractivity contribution in [1.82, 2.24) is 9.80 Å². The SMILES string of the molecule is COC(=O)COc1ccc(CN2CCN(C(=O)OC(C)(C)C)CC2)cc1. The van der Waals surface area contributed by atoms with Crippen molar-refractivity contribution in [2.24, 2.45) is 0 Å². The molecule has 1 fully saturated rings. The van der Waals surface area contributed by atoms with Crippen LogP contribution in [0.1, 0.15) is 26.3 Å². The van der Waals surface area contributed by atoms with Crippen molar-refractivity contribution < 1.29 is 23.8 Å². The minimum Gasteiger partial charge on any atom is -0.482 e. The van der Waals surface area contributed by atoms with Crippen molar-refractivity contribution in [3.63, 3.8) is 0 Å². The zero-order valence-corrected chi connectivity index (χ0v) is 16.0. The lowest BCUT2D eigenvalue weighted by Gasteiger charge is -2.35. The monoisotopic (exact) mass is 364 g/mol. The van der Waals surface area contributed by atoms with Gasteiger partial charge in [-0.15, -0.1) is 0 Å². The van der Waals surface area contributed by atoms with Crippen molar-refractivity contribution in [2.45, 2.75) is 32.9 Å². The van der Waals surface area contributed by atoms with Gasteiger partial charge in [0.25, 0.3) is 0 Å². The number of amides is 1. The van der Waals surface area contributed by atoms with Crippen LogP contribution in [0.2, 0.25) is 0 Å². The number of carbonyl (C=O) groups excluding carboxylic acids is 2. The summed E-state index contributed by atoms with van der Waals surface area (Å²) in [7, 11) is 1.33. The first-order valence-corrected chi connectivity index (χ1v) is 8.75. The van der Waals surface area contributed by atoms with Crippen LogP contribution in [0.4, 0.5) is 4.79 Å². The van der Waals surface area contributed by atoms with Gasteiger partial charge in [0.2, 0.25) is 0 Å². The van der Waals surface area contributed by atoms with E-state index in [1.807, 2.05) is 45.0 Å². The standard InChI is InChI=1S/C19H28N2O5/c1-19(2,3)26-18(23)21-11-9-20(10-12-21)13-15-5-7-16(8-6-15)25-14-17(22)24-4/h5-8H,9-14H2,1-4H3. The highest BCUT2D eigenvalue weighted by molar-refractivity contribution is 5.70. The molecule has 1 aliphatic rings. The van der Waals surface area contributed by atoms with E-state index in [-0.39, 0.29) is 12.7 Å². The van der Waals surface area contributed by atoms with Gasteiger partial charge in [0.1, 0.15) is 11.4 Å². The Morgan fingerprint density at radius 3 is 2.19 bits per heavy atom. The first kappa shape index (κ1) is 20.0. The third-order valence-corrected chi connectivity index (χ3v) is 3.94. The third-order valence-electron chi connectivity index (χ3n) is 3.94. The smallest absolute Gasteiger partial charge is 0.410 e. The molecule has 0 N–H and O–H groups in total. The fourth-order valence-electron chi connectivity index (χ4n) is 2.57. The lowest BCUT2D eigenvalue weighted by atomic mass is 10.2. The second-order valence-electron chi connectivity index (χ2n) is 7.25. The fraction of sp³-hybridized carbons (Fsp3) is 0.579. The number of ether oxygens (including phenoxy) is 3. The molecule has 7 nitrogen and oxygen atoms in total. The zero-order valence-electron chi connectivity index (χ0n) is 16.0. The number of rotatable bonds is 5. The van der Waals surface area contributed by atoms with Gasteiger partial charge < -0.3 is 19.1 Å². The van der Waals surface area contributed by atoms with E-state index < -0.39 is 11.6 Å². The second-order valence-corrected chi connectivity index (χ2v) is 7.25. The molecule has 1 aliphatic heterocycles. The summed E-state index contributed by atoms with van der Waals surface area (Å²) >= 11 is 0. The topological polar surface area (TPSA) is 68.3 Å². The summed E-state index contributed by atoms with van der Waals surface area (Å²) in [4.78, 5) is 27.2. The Kier molecular flexibility index (Phi) is 6.85. The fourth-order valence-corrected chi connectivity index (χ4v) is 2.57. The molecule has 1 amide bonds. The number of piperazine rings is 1. The number of carbonyl (C=O) groups is 2. The Bertz CT molecular complexity index is 601. The molecule has 1 aromatic carbocycles. The summed E-state index contributed by atoms with van der Waals surface area (Å²) < 4.78 is 15.3. The highest BCUT2D eigenvalue weighted by Gasteiger charge is 2.25. The van der Waals surface area contributed by atoms with Gasteiger partial charge in [-0.25, -0.2) is 9.59 Å². The predicted molar refractivity (Wildman–Crippen MR) is 97.0 cm³/mol. The molecule has 0 unspecified atom stereocenters. The molecule has 0 spiro atoms. The molecule has 0 saturated carbocycles. The Hall–Kier alpha value is -2.28. The van der Waals surface area contributed by atoms with Gasteiger partial charge in [0.05, 0.1) is 7.11 Å². The molecule has 0 radical (unpaired) electrons. The molecule has 0 bridgehead atoms. The summed E-state index contributed by atoms with van der Waals surface area (Å²) in [6.45, 7) is 9.27. The van der Waals surface area contributed by atoms with Crippen LogP contribution in [0.3, 0.4) is 0 Å². The maximum Gasteiger partial charge on any atom is 0.410 e. The van der Waals surface area contributed by atoms with Gasteiger partial charge in [-0.3, -0.25) is 4.90 Å². The van der Waals surface area contributed by atoms with Crippen LogP contribution in [0.15, 0.2) is 24.3 Å². The lowest BCUT2D eigenvalue weighted by molar-refractivity contribution is -0.142. The van der Waals surface area contributed by atoms with E-state index >= 15 is 0 Å². The van der Waals surface area contributed by atoms with Gasteiger partial charge in [-0.2, -0.15) is 0 Å². The molecule has 0 aromatic heterocycles. The summed E-state index contributed by atoms with van der Waals surface area (Å²) in [5.74, 6) is 0.228. The maximum atomic E-state index is 12.1. The van der Waals surface area contributed by atoms with E-state index in [9.17, 15) is 9.59 Å². The molecule has 1 aromatic rings. The van der Waals surface area contributed by atoms with E-state index in [0.717, 1.165) is 25.2 Å². The van der Waals surface area contributed by atoms with E-state index in [1.165, 1.54) is 7.11 Å². The van der Waals surface area contributed by atoms with Crippen LogP contribution < -0.4 is 4.74 Å². The highest BCUT2D eigenvalue weighted by atomic mass is 16.6. The molecule has 7 heteroatoms. The van der Waals surface area contributed by atoms with Crippen molar-refractivity contribution in [2.75, 3.05) is 39.9 Å². The molecule has 2 rings (SSSR count). The van der Waals surface area contributed by atoms with Crippen molar-refractivity contribution >= 4 is 12.1 Å². The summed E-state index contributed by atoms with van der Waals surface area (Å²) in [6, 6.07) is 7.64. The van der Waals surface area contributed by atoms with Crippen molar-refractivity contribution in [3.8, 4) is 5.75 Å². The van der Waals surface area contributed by atoms with Crippen LogP contribution in [-0.4, -0.2) is 67.4 Å². The van der Waals surface area contributed by atoms with Gasteiger partial charge >= 0.3 is 12.1 Å². The summed E-state index contributed by atoms with van der Waals surface area (Å²) in [6.07, 6.45) is -0.246. The van der Waals surface area contributed by atoms with Crippen LogP contribution >= 0.6 is 0 Å². The molecular weight excluding hydrogens is 336 g/mol. The Balaban J connectivity index is 1.77. The summed E-state index contributed by atoms with van der Waals surface area (Å²) in [5, 5.41) is 0. The first-order valence-electron chi connectivity index (χ1n) is 8.75. The molecule has 1 saturated heterocycles. The van der Waals surface area contributed by atoms with E-state index in [4.69, 9.17) is 9.47 Å². The molecule has 144 valence electrons. The van der Waals surface area contributed by atoms with Gasteiger partial charge in [0.15, 0.2) is 6.61 Å². The van der Waals surface area contributed by atoms with Crippen LogP contribution in [0.25, 0.3) is 0 Å². The summed E-state index contributed by atoms with van der Waals surface area (Å²) in [5.41, 5.74) is 0.687. The van der Waals surface area contributed by atoms with Gasteiger partial charge in [-0.1, -0.05) is 12.1 Å². The van der Waals surface area contributed by atoms with E-state index in [0.29, 0.717) is 18.8 Å². The lowest BCUT2D eigenvalue weighted by Crippen LogP contribution is -2.49. The highest BCUT2D eigenvalue weighted by Crippen LogP contribution is 2.16. The van der Waals surface area contributed by atoms with Crippen LogP contribution in [0.5, 0.6) is 5.75 Å². The molecule has 0 aliphatic carbocycles. The number of benzene rings is 1. The molecular formula is C19H28N2O5. The number of hydrogen-bond acceptors (Lipinski definition) is 6. The number of esters is 1. The van der Waals surface area contributed by atoms with Crippen LogP contribution in [-0.2, 0) is 20.8 Å². The van der Waals surface area contributed by atoms with Crippen molar-refractivity contribution in [1.29, 1.82) is 0 Å². The Morgan fingerprint density at radius 1 is 1.04 bits per heavy atom. The van der Waals surface area contributed by atoms with Gasteiger partial charge in [0, 0.05) is 32.7 Å². The average molecular weight is 364 g/mol. The minimum absolute atomic E-state index is 0.0948. The first-order chi connectivity index (χ1) is 12.3. The number of methoxy groups -OCH3 is 1. The van der Waals surface area contributed by atoms with Crippen molar-refractivity contribution in [3.05, 3.63) is 29.8 Å². The number of hydrogen-bond donors (Lipinski definition) is 0. The quantitative estimate of drug-likeness (QED) is 0.747. The Labute approximate surface area is 154 Å². The van der Waals surface area contributed by atoms with E-state index in [1.54, 1.807) is 4.90 Å². The number of nitrogens with zero attached hydrogens (tertiary/aromatic N) is 2. The third kappa shape index (κ3) is 6.55. The molecule has 0 atom stereocenters. The average Bonchev–Trinajstić information content (AvgIpc) is 2.60. The maximum absolute atomic E-state index is 12.1. The van der Waals surface area contributed by atoms with Crippen LogP contribution in [0, 0.1) is 0 Å². The molecule has 1 heterocycles. The zero-order chi connectivity index (χ0) is 19.2. The molecule has 26 heavy (non-hydrogen) atoms.